The van der Waals surface area contributed by atoms with Gasteiger partial charge in [-0.25, -0.2) is 0 Å². The first-order valence-electron chi connectivity index (χ1n) is 6.26. The minimum atomic E-state index is -0.190. The zero-order valence-corrected chi connectivity index (χ0v) is 11.0. The summed E-state index contributed by atoms with van der Waals surface area (Å²) in [6, 6.07) is 5.45. The summed E-state index contributed by atoms with van der Waals surface area (Å²) in [6.07, 6.45) is 3.14. The van der Waals surface area contributed by atoms with Gasteiger partial charge in [-0.15, -0.1) is 0 Å². The maximum absolute atomic E-state index is 12.0. The minimum absolute atomic E-state index is 0.0926. The molecule has 0 heterocycles. The molecule has 0 aliphatic heterocycles. The van der Waals surface area contributed by atoms with Gasteiger partial charge in [0, 0.05) is 17.6 Å². The number of rotatable bonds is 4. The summed E-state index contributed by atoms with van der Waals surface area (Å²) in [4.78, 5) is 12.0. The molecule has 98 valence electrons. The molecular weight excluding hydrogens is 228 g/mol. The van der Waals surface area contributed by atoms with Crippen LogP contribution < -0.4 is 15.8 Å². The van der Waals surface area contributed by atoms with Crippen LogP contribution in [0, 0.1) is 6.92 Å². The summed E-state index contributed by atoms with van der Waals surface area (Å²) in [5.41, 5.74) is 7.51. The van der Waals surface area contributed by atoms with Gasteiger partial charge >= 0.3 is 0 Å². The molecule has 1 saturated carbocycles. The van der Waals surface area contributed by atoms with Crippen molar-refractivity contribution in [3.63, 3.8) is 0 Å². The van der Waals surface area contributed by atoms with E-state index in [1.807, 2.05) is 13.0 Å². The third-order valence-electron chi connectivity index (χ3n) is 3.62. The molecule has 1 amide bonds. The first-order chi connectivity index (χ1) is 8.54. The molecule has 4 nitrogen and oxygen atoms in total. The van der Waals surface area contributed by atoms with Crippen molar-refractivity contribution in [1.82, 2.24) is 5.32 Å². The molecule has 18 heavy (non-hydrogen) atoms. The number of nitrogens with one attached hydrogen (secondary N) is 1. The lowest BCUT2D eigenvalue weighted by Crippen LogP contribution is -2.54. The minimum Gasteiger partial charge on any atom is -0.496 e. The largest absolute Gasteiger partial charge is 0.496 e. The van der Waals surface area contributed by atoms with Gasteiger partial charge in [-0.05, 0) is 43.9 Å². The molecule has 0 saturated heterocycles. The highest BCUT2D eigenvalue weighted by Gasteiger charge is 2.32. The summed E-state index contributed by atoms with van der Waals surface area (Å²) in [5.74, 6) is 0.638. The van der Waals surface area contributed by atoms with Gasteiger partial charge in [-0.2, -0.15) is 0 Å². The number of carbonyl (C=O) groups is 1. The standard InChI is InChI=1S/C14H20N2O2/c1-10-4-5-11(8-12(10)18-2)13(17)16-9-14(15)6-3-7-14/h4-5,8H,3,6-7,9,15H2,1-2H3,(H,16,17). The van der Waals surface area contributed by atoms with Gasteiger partial charge in [-0.3, -0.25) is 4.79 Å². The highest BCUT2D eigenvalue weighted by Crippen LogP contribution is 2.28. The molecule has 3 N–H and O–H groups in total. The summed E-state index contributed by atoms with van der Waals surface area (Å²) in [5, 5.41) is 2.89. The Balaban J connectivity index is 2.00. The van der Waals surface area contributed by atoms with E-state index in [-0.39, 0.29) is 11.4 Å². The first-order valence-corrected chi connectivity index (χ1v) is 6.26. The highest BCUT2D eigenvalue weighted by atomic mass is 16.5. The molecule has 1 fully saturated rings. The Morgan fingerprint density at radius 1 is 1.50 bits per heavy atom. The quantitative estimate of drug-likeness (QED) is 0.851. The summed E-state index contributed by atoms with van der Waals surface area (Å²) >= 11 is 0. The normalized spacial score (nSPS) is 16.8. The number of amides is 1. The molecule has 1 aliphatic carbocycles. The van der Waals surface area contributed by atoms with Crippen molar-refractivity contribution in [2.24, 2.45) is 5.73 Å². The fourth-order valence-corrected chi connectivity index (χ4v) is 2.13. The number of aryl methyl sites for hydroxylation is 1. The van der Waals surface area contributed by atoms with E-state index in [9.17, 15) is 4.79 Å². The number of hydrogen-bond donors (Lipinski definition) is 2. The third-order valence-corrected chi connectivity index (χ3v) is 3.62. The van der Waals surface area contributed by atoms with Crippen LogP contribution in [-0.4, -0.2) is 25.1 Å². The van der Waals surface area contributed by atoms with Crippen molar-refractivity contribution in [3.05, 3.63) is 29.3 Å². The Morgan fingerprint density at radius 3 is 2.78 bits per heavy atom. The molecule has 0 atom stereocenters. The molecule has 0 aromatic heterocycles. The molecule has 2 rings (SSSR count). The van der Waals surface area contributed by atoms with Crippen LogP contribution in [0.15, 0.2) is 18.2 Å². The SMILES string of the molecule is COc1cc(C(=O)NCC2(N)CCC2)ccc1C. The lowest BCUT2D eigenvalue weighted by molar-refractivity contribution is 0.0929. The van der Waals surface area contributed by atoms with Crippen molar-refractivity contribution in [2.45, 2.75) is 31.7 Å². The van der Waals surface area contributed by atoms with Crippen LogP contribution in [-0.2, 0) is 0 Å². The van der Waals surface area contributed by atoms with E-state index < -0.39 is 0 Å². The highest BCUT2D eigenvalue weighted by molar-refractivity contribution is 5.94. The van der Waals surface area contributed by atoms with Crippen molar-refractivity contribution in [2.75, 3.05) is 13.7 Å². The monoisotopic (exact) mass is 248 g/mol. The Morgan fingerprint density at radius 2 is 2.22 bits per heavy atom. The molecule has 0 spiro atoms. The average Bonchev–Trinajstić information content (AvgIpc) is 2.34. The van der Waals surface area contributed by atoms with Crippen LogP contribution in [0.5, 0.6) is 5.75 Å². The van der Waals surface area contributed by atoms with Gasteiger partial charge in [-0.1, -0.05) is 6.07 Å². The van der Waals surface area contributed by atoms with Crippen molar-refractivity contribution >= 4 is 5.91 Å². The number of hydrogen-bond acceptors (Lipinski definition) is 3. The second-order valence-electron chi connectivity index (χ2n) is 5.08. The Hall–Kier alpha value is -1.55. The van der Waals surface area contributed by atoms with Gasteiger partial charge in [0.05, 0.1) is 7.11 Å². The number of nitrogens with two attached hydrogens (primary N) is 1. The van der Waals surface area contributed by atoms with Crippen molar-refractivity contribution < 1.29 is 9.53 Å². The van der Waals surface area contributed by atoms with E-state index in [0.29, 0.717) is 12.1 Å². The second kappa shape index (κ2) is 4.98. The summed E-state index contributed by atoms with van der Waals surface area (Å²) in [6.45, 7) is 2.49. The lowest BCUT2D eigenvalue weighted by atomic mass is 9.78. The average molecular weight is 248 g/mol. The molecule has 0 unspecified atom stereocenters. The number of ether oxygens (including phenoxy) is 1. The maximum Gasteiger partial charge on any atom is 0.251 e. The molecular formula is C14H20N2O2. The first kappa shape index (κ1) is 12.9. The van der Waals surface area contributed by atoms with Crippen LogP contribution in [0.4, 0.5) is 0 Å². The van der Waals surface area contributed by atoms with Gasteiger partial charge < -0.3 is 15.8 Å². The van der Waals surface area contributed by atoms with Gasteiger partial charge in [0.2, 0.25) is 0 Å². The number of methoxy groups -OCH3 is 1. The maximum atomic E-state index is 12.0. The molecule has 1 aromatic carbocycles. The summed E-state index contributed by atoms with van der Waals surface area (Å²) in [7, 11) is 1.60. The van der Waals surface area contributed by atoms with Crippen LogP contribution in [0.1, 0.15) is 35.2 Å². The van der Waals surface area contributed by atoms with Crippen molar-refractivity contribution in [3.8, 4) is 5.75 Å². The van der Waals surface area contributed by atoms with E-state index in [4.69, 9.17) is 10.5 Å². The third kappa shape index (κ3) is 2.64. The van der Waals surface area contributed by atoms with Crippen LogP contribution in [0.25, 0.3) is 0 Å². The van der Waals surface area contributed by atoms with Gasteiger partial charge in [0.1, 0.15) is 5.75 Å². The Labute approximate surface area is 108 Å². The van der Waals surface area contributed by atoms with Crippen LogP contribution in [0.2, 0.25) is 0 Å². The van der Waals surface area contributed by atoms with E-state index in [1.54, 1.807) is 19.2 Å². The molecule has 1 aliphatic rings. The lowest BCUT2D eigenvalue weighted by Gasteiger charge is -2.38. The van der Waals surface area contributed by atoms with E-state index in [0.717, 1.165) is 30.6 Å². The Bertz CT molecular complexity index is 453. The number of benzene rings is 1. The number of carbonyl (C=O) groups excluding carboxylic acids is 1. The molecule has 4 heteroatoms. The zero-order valence-electron chi connectivity index (χ0n) is 11.0. The molecule has 0 radical (unpaired) electrons. The van der Waals surface area contributed by atoms with Gasteiger partial charge in [0.25, 0.3) is 5.91 Å². The predicted molar refractivity (Wildman–Crippen MR) is 70.8 cm³/mol. The zero-order chi connectivity index (χ0) is 13.2. The predicted octanol–water partition coefficient (Wildman–Crippen LogP) is 1.61. The van der Waals surface area contributed by atoms with Gasteiger partial charge in [0.15, 0.2) is 0 Å². The Kier molecular flexibility index (Phi) is 3.57. The second-order valence-corrected chi connectivity index (χ2v) is 5.08. The molecule has 1 aromatic rings. The topological polar surface area (TPSA) is 64.3 Å². The summed E-state index contributed by atoms with van der Waals surface area (Å²) < 4.78 is 5.21. The fourth-order valence-electron chi connectivity index (χ4n) is 2.13. The van der Waals surface area contributed by atoms with E-state index in [1.165, 1.54) is 0 Å². The smallest absolute Gasteiger partial charge is 0.251 e. The van der Waals surface area contributed by atoms with Crippen LogP contribution >= 0.6 is 0 Å². The van der Waals surface area contributed by atoms with E-state index >= 15 is 0 Å². The molecule has 0 bridgehead atoms. The van der Waals surface area contributed by atoms with E-state index in [2.05, 4.69) is 5.32 Å². The van der Waals surface area contributed by atoms with Crippen LogP contribution in [0.3, 0.4) is 0 Å². The fraction of sp³-hybridized carbons (Fsp3) is 0.500. The van der Waals surface area contributed by atoms with Crippen molar-refractivity contribution in [1.29, 1.82) is 0 Å².